The minimum Gasteiger partial charge on any atom is -0.487 e. The number of Topliss-reactive ketones (excluding diaryl/α,β-unsaturated/α-hetero) is 1. The highest BCUT2D eigenvalue weighted by atomic mass is 16.6. The molecule has 0 saturated carbocycles. The van der Waals surface area contributed by atoms with Gasteiger partial charge in [-0.25, -0.2) is 4.79 Å². The van der Waals surface area contributed by atoms with E-state index in [1.54, 1.807) is 38.1 Å². The van der Waals surface area contributed by atoms with Crippen LogP contribution in [0.5, 0.6) is 11.5 Å². The maximum Gasteiger partial charge on any atom is 0.390 e. The number of ketones is 1. The number of ether oxygens (including phenoxy) is 2. The molecule has 150 valence electrons. The van der Waals surface area contributed by atoms with Gasteiger partial charge in [0.05, 0.1) is 6.10 Å². The Morgan fingerprint density at radius 1 is 1.11 bits per heavy atom. The van der Waals surface area contributed by atoms with Crippen molar-refractivity contribution in [3.8, 4) is 11.5 Å². The zero-order valence-electron chi connectivity index (χ0n) is 16.5. The van der Waals surface area contributed by atoms with Crippen molar-refractivity contribution in [2.24, 2.45) is 0 Å². The molecule has 0 bridgehead atoms. The Balaban J connectivity index is 3.08. The lowest BCUT2D eigenvalue weighted by atomic mass is 9.90. The molecule has 27 heavy (non-hydrogen) atoms. The molecule has 0 N–H and O–H groups in total. The van der Waals surface area contributed by atoms with Gasteiger partial charge >= 0.3 is 11.5 Å². The first-order valence-corrected chi connectivity index (χ1v) is 9.48. The minimum absolute atomic E-state index is 0.0354. The molecule has 7 nitrogen and oxygen atoms in total. The molecular weight excluding hydrogens is 350 g/mol. The van der Waals surface area contributed by atoms with E-state index in [1.165, 1.54) is 0 Å². The van der Waals surface area contributed by atoms with Gasteiger partial charge < -0.3 is 9.47 Å². The van der Waals surface area contributed by atoms with E-state index in [0.717, 1.165) is 12.8 Å². The van der Waals surface area contributed by atoms with Crippen LogP contribution in [0.3, 0.4) is 0 Å². The van der Waals surface area contributed by atoms with Gasteiger partial charge in [-0.05, 0) is 25.0 Å². The molecule has 0 aliphatic carbocycles. The summed E-state index contributed by atoms with van der Waals surface area (Å²) in [6, 6.07) is 6.63. The average Bonchev–Trinajstić information content (AvgIpc) is 2.67. The molecule has 0 radical (unpaired) electrons. The molecule has 0 aliphatic heterocycles. The number of nitro groups is 1. The molecule has 1 aromatic rings. The first-order valence-electron chi connectivity index (χ1n) is 9.48. The molecule has 0 aliphatic rings. The number of hydrogen-bond acceptors (Lipinski definition) is 6. The summed E-state index contributed by atoms with van der Waals surface area (Å²) >= 11 is 0. The topological polar surface area (TPSA) is 95.7 Å². The second kappa shape index (κ2) is 10.6. The van der Waals surface area contributed by atoms with E-state index in [9.17, 15) is 19.7 Å². The predicted octanol–water partition coefficient (Wildman–Crippen LogP) is 4.34. The van der Waals surface area contributed by atoms with Crippen molar-refractivity contribution in [2.75, 3.05) is 0 Å². The fourth-order valence-electron chi connectivity index (χ4n) is 2.70. The summed E-state index contributed by atoms with van der Waals surface area (Å²) in [5.74, 6) is -0.576. The van der Waals surface area contributed by atoms with Crippen molar-refractivity contribution < 1.29 is 24.0 Å². The van der Waals surface area contributed by atoms with Gasteiger partial charge in [0, 0.05) is 30.6 Å². The maximum atomic E-state index is 12.8. The van der Waals surface area contributed by atoms with Gasteiger partial charge in [0.2, 0.25) is 0 Å². The molecule has 1 rings (SSSR count). The lowest BCUT2D eigenvalue weighted by molar-refractivity contribution is -0.556. The molecule has 0 fully saturated rings. The largest absolute Gasteiger partial charge is 0.487 e. The molecule has 0 aromatic heterocycles. The molecule has 0 spiro atoms. The van der Waals surface area contributed by atoms with Crippen LogP contribution in [-0.2, 0) is 9.59 Å². The van der Waals surface area contributed by atoms with E-state index < -0.39 is 16.4 Å². The van der Waals surface area contributed by atoms with Crippen LogP contribution in [0.15, 0.2) is 24.3 Å². The van der Waals surface area contributed by atoms with E-state index in [-0.39, 0.29) is 43.3 Å². The first kappa shape index (κ1) is 22.6. The summed E-state index contributed by atoms with van der Waals surface area (Å²) < 4.78 is 11.3. The summed E-state index contributed by atoms with van der Waals surface area (Å²) in [4.78, 5) is 35.4. The van der Waals surface area contributed by atoms with Gasteiger partial charge in [-0.15, -0.1) is 0 Å². The Morgan fingerprint density at radius 3 is 2.19 bits per heavy atom. The number of rotatable bonds is 12. The van der Waals surface area contributed by atoms with Gasteiger partial charge in [0.15, 0.2) is 11.5 Å². The summed E-state index contributed by atoms with van der Waals surface area (Å²) in [7, 11) is 0. The van der Waals surface area contributed by atoms with Crippen LogP contribution in [0.1, 0.15) is 66.2 Å². The third kappa shape index (κ3) is 5.77. The van der Waals surface area contributed by atoms with Crippen molar-refractivity contribution in [1.82, 2.24) is 0 Å². The Morgan fingerprint density at radius 2 is 1.70 bits per heavy atom. The van der Waals surface area contributed by atoms with Crippen molar-refractivity contribution in [3.63, 3.8) is 0 Å². The van der Waals surface area contributed by atoms with E-state index in [0.29, 0.717) is 5.75 Å². The zero-order valence-corrected chi connectivity index (χ0v) is 16.5. The van der Waals surface area contributed by atoms with E-state index in [4.69, 9.17) is 9.47 Å². The van der Waals surface area contributed by atoms with E-state index in [2.05, 4.69) is 0 Å². The molecule has 0 heterocycles. The van der Waals surface area contributed by atoms with Crippen molar-refractivity contribution in [2.45, 2.75) is 77.9 Å². The molecule has 0 saturated heterocycles. The summed E-state index contributed by atoms with van der Waals surface area (Å²) in [5, 5.41) is 11.7. The van der Waals surface area contributed by atoms with Gasteiger partial charge in [0.1, 0.15) is 5.78 Å². The Hall–Kier alpha value is -2.44. The zero-order chi connectivity index (χ0) is 20.4. The van der Waals surface area contributed by atoms with Crippen LogP contribution in [0, 0.1) is 10.1 Å². The third-order valence-corrected chi connectivity index (χ3v) is 4.78. The molecule has 1 atom stereocenters. The monoisotopic (exact) mass is 379 g/mol. The van der Waals surface area contributed by atoms with Crippen molar-refractivity contribution in [1.29, 1.82) is 0 Å². The lowest BCUT2D eigenvalue weighted by Crippen LogP contribution is -2.48. The van der Waals surface area contributed by atoms with Crippen LogP contribution < -0.4 is 9.47 Å². The Bertz CT molecular complexity index is 656. The Kier molecular flexibility index (Phi) is 8.91. The summed E-state index contributed by atoms with van der Waals surface area (Å²) in [5.41, 5.74) is -1.95. The van der Waals surface area contributed by atoms with Crippen molar-refractivity contribution >= 4 is 11.8 Å². The molecular formula is C20H29NO6. The standard InChI is InChI=1S/C20H29NO6/c1-5-15(22)13-14-20(8-4,21(24)25)19(23)27-18-12-10-9-11-17(18)26-16(6-2)7-3/h9-12,16H,5-8,13-14H2,1-4H3. The van der Waals surface area contributed by atoms with Crippen LogP contribution in [0.4, 0.5) is 0 Å². The second-order valence-electron chi connectivity index (χ2n) is 6.43. The third-order valence-electron chi connectivity index (χ3n) is 4.78. The number of nitrogens with zero attached hydrogens (tertiary/aromatic N) is 1. The van der Waals surface area contributed by atoms with Gasteiger partial charge in [-0.3, -0.25) is 14.9 Å². The average molecular weight is 379 g/mol. The molecule has 1 unspecified atom stereocenters. The second-order valence-corrected chi connectivity index (χ2v) is 6.43. The van der Waals surface area contributed by atoms with Crippen LogP contribution >= 0.6 is 0 Å². The fraction of sp³-hybridized carbons (Fsp3) is 0.600. The quantitative estimate of drug-likeness (QED) is 0.232. The summed E-state index contributed by atoms with van der Waals surface area (Å²) in [6.45, 7) is 7.21. The minimum atomic E-state index is -1.95. The van der Waals surface area contributed by atoms with Gasteiger partial charge in [-0.2, -0.15) is 0 Å². The highest BCUT2D eigenvalue weighted by molar-refractivity contribution is 5.84. The van der Waals surface area contributed by atoms with Gasteiger partial charge in [-0.1, -0.05) is 39.8 Å². The first-order chi connectivity index (χ1) is 12.8. The van der Waals surface area contributed by atoms with Gasteiger partial charge in [0.25, 0.3) is 0 Å². The van der Waals surface area contributed by atoms with Crippen LogP contribution in [-0.4, -0.2) is 28.3 Å². The Labute approximate surface area is 160 Å². The van der Waals surface area contributed by atoms with Crippen LogP contribution in [0.25, 0.3) is 0 Å². The highest BCUT2D eigenvalue weighted by Crippen LogP contribution is 2.32. The lowest BCUT2D eigenvalue weighted by Gasteiger charge is -2.23. The number of esters is 1. The van der Waals surface area contributed by atoms with E-state index in [1.807, 2.05) is 13.8 Å². The van der Waals surface area contributed by atoms with Crippen molar-refractivity contribution in [3.05, 3.63) is 34.4 Å². The predicted molar refractivity (Wildman–Crippen MR) is 102 cm³/mol. The molecule has 7 heteroatoms. The fourth-order valence-corrected chi connectivity index (χ4v) is 2.70. The number of hydrogen-bond donors (Lipinski definition) is 0. The maximum absolute atomic E-state index is 12.8. The smallest absolute Gasteiger partial charge is 0.390 e. The normalized spacial score (nSPS) is 13.1. The summed E-state index contributed by atoms with van der Waals surface area (Å²) in [6.07, 6.45) is 1.52. The number of carbonyl (C=O) groups is 2. The molecule has 1 aromatic carbocycles. The SMILES string of the molecule is CCC(=O)CCC(CC)(C(=O)Oc1ccccc1OC(CC)CC)[N+](=O)[O-]. The highest BCUT2D eigenvalue weighted by Gasteiger charge is 2.51. The number of benzene rings is 1. The number of para-hydroxylation sites is 2. The van der Waals surface area contributed by atoms with Crippen LogP contribution in [0.2, 0.25) is 0 Å². The van der Waals surface area contributed by atoms with E-state index >= 15 is 0 Å². The molecule has 0 amide bonds. The number of carbonyl (C=O) groups excluding carboxylic acids is 2.